The Morgan fingerprint density at radius 3 is 2.25 bits per heavy atom. The quantitative estimate of drug-likeness (QED) is 0.801. The Kier molecular flexibility index (Phi) is 4.51. The van der Waals surface area contributed by atoms with Crippen molar-refractivity contribution in [2.45, 2.75) is 46.3 Å². The van der Waals surface area contributed by atoms with Crippen molar-refractivity contribution < 1.29 is 5.11 Å². The summed E-state index contributed by atoms with van der Waals surface area (Å²) in [5.74, 6) is 0. The molecule has 0 spiro atoms. The smallest absolute Gasteiger partial charge is 0.0741 e. The lowest BCUT2D eigenvalue weighted by Crippen LogP contribution is -2.36. The van der Waals surface area contributed by atoms with Crippen LogP contribution in [0, 0.1) is 13.8 Å². The zero-order valence-corrected chi connectivity index (χ0v) is 10.8. The van der Waals surface area contributed by atoms with E-state index in [4.69, 9.17) is 0 Å². The largest absolute Gasteiger partial charge is 0.389 e. The second-order valence-corrected chi connectivity index (χ2v) is 4.95. The molecule has 0 saturated carbocycles. The van der Waals surface area contributed by atoms with E-state index < -0.39 is 5.60 Å². The van der Waals surface area contributed by atoms with Crippen LogP contribution in [0.4, 0.5) is 0 Å². The molecule has 0 aliphatic carbocycles. The van der Waals surface area contributed by atoms with E-state index >= 15 is 0 Å². The number of nitrogens with one attached hydrogen (secondary N) is 1. The van der Waals surface area contributed by atoms with Crippen LogP contribution in [0.25, 0.3) is 0 Å². The molecule has 0 aliphatic heterocycles. The third kappa shape index (κ3) is 4.33. The van der Waals surface area contributed by atoms with Crippen LogP contribution in [-0.4, -0.2) is 17.3 Å². The summed E-state index contributed by atoms with van der Waals surface area (Å²) in [4.78, 5) is 0. The van der Waals surface area contributed by atoms with Crippen molar-refractivity contribution in [2.75, 3.05) is 6.54 Å². The average molecular weight is 221 g/mol. The van der Waals surface area contributed by atoms with Crippen molar-refractivity contribution in [2.24, 2.45) is 0 Å². The van der Waals surface area contributed by atoms with Gasteiger partial charge in [0, 0.05) is 13.1 Å². The first-order valence-electron chi connectivity index (χ1n) is 5.93. The fourth-order valence-electron chi connectivity index (χ4n) is 1.77. The van der Waals surface area contributed by atoms with Crippen LogP contribution >= 0.6 is 0 Å². The molecular formula is C14H23NO. The molecule has 2 N–H and O–H groups in total. The van der Waals surface area contributed by atoms with Crippen LogP contribution in [-0.2, 0) is 6.54 Å². The minimum Gasteiger partial charge on any atom is -0.389 e. The average Bonchev–Trinajstić information content (AvgIpc) is 2.16. The van der Waals surface area contributed by atoms with Crippen molar-refractivity contribution >= 4 is 0 Å². The molecule has 1 aromatic rings. The Balaban J connectivity index is 2.49. The van der Waals surface area contributed by atoms with Crippen LogP contribution in [0.2, 0.25) is 0 Å². The Morgan fingerprint density at radius 1 is 1.19 bits per heavy atom. The molecule has 1 atom stereocenters. The SMILES string of the molecule is CCC(C)(O)CNCc1cc(C)cc(C)c1. The molecule has 0 heterocycles. The summed E-state index contributed by atoms with van der Waals surface area (Å²) in [6.45, 7) is 9.53. The maximum absolute atomic E-state index is 9.85. The van der Waals surface area contributed by atoms with Gasteiger partial charge in [0.1, 0.15) is 0 Å². The minimum absolute atomic E-state index is 0.598. The molecule has 0 bridgehead atoms. The number of aryl methyl sites for hydroxylation is 2. The summed E-state index contributed by atoms with van der Waals surface area (Å²) in [6, 6.07) is 6.53. The second kappa shape index (κ2) is 5.46. The number of aliphatic hydroxyl groups is 1. The first kappa shape index (κ1) is 13.2. The third-order valence-corrected chi connectivity index (χ3v) is 2.88. The summed E-state index contributed by atoms with van der Waals surface area (Å²) < 4.78 is 0. The molecule has 0 saturated heterocycles. The maximum atomic E-state index is 9.85. The second-order valence-electron chi connectivity index (χ2n) is 4.95. The highest BCUT2D eigenvalue weighted by atomic mass is 16.3. The summed E-state index contributed by atoms with van der Waals surface area (Å²) in [6.07, 6.45) is 0.771. The molecule has 1 aromatic carbocycles. The third-order valence-electron chi connectivity index (χ3n) is 2.88. The first-order valence-corrected chi connectivity index (χ1v) is 5.93. The van der Waals surface area contributed by atoms with E-state index in [1.165, 1.54) is 16.7 Å². The molecule has 1 unspecified atom stereocenters. The van der Waals surface area contributed by atoms with Crippen molar-refractivity contribution in [1.82, 2.24) is 5.32 Å². The lowest BCUT2D eigenvalue weighted by atomic mass is 10.0. The number of rotatable bonds is 5. The van der Waals surface area contributed by atoms with E-state index in [2.05, 4.69) is 37.4 Å². The topological polar surface area (TPSA) is 32.3 Å². The molecule has 2 heteroatoms. The van der Waals surface area contributed by atoms with Gasteiger partial charge in [-0.1, -0.05) is 36.2 Å². The first-order chi connectivity index (χ1) is 7.43. The standard InChI is InChI=1S/C14H23NO/c1-5-14(4,16)10-15-9-13-7-11(2)6-12(3)8-13/h6-8,15-16H,5,9-10H2,1-4H3. The molecule has 0 aliphatic rings. The monoisotopic (exact) mass is 221 g/mol. The van der Waals surface area contributed by atoms with Gasteiger partial charge in [-0.05, 0) is 32.8 Å². The highest BCUT2D eigenvalue weighted by Gasteiger charge is 2.16. The van der Waals surface area contributed by atoms with Crippen molar-refractivity contribution in [3.8, 4) is 0 Å². The van der Waals surface area contributed by atoms with Gasteiger partial charge in [0.25, 0.3) is 0 Å². The zero-order chi connectivity index (χ0) is 12.2. The molecule has 0 amide bonds. The molecule has 0 radical (unpaired) electrons. The highest BCUT2D eigenvalue weighted by molar-refractivity contribution is 5.28. The van der Waals surface area contributed by atoms with Crippen molar-refractivity contribution in [3.05, 3.63) is 34.9 Å². The summed E-state index contributed by atoms with van der Waals surface area (Å²) in [5, 5.41) is 13.1. The van der Waals surface area contributed by atoms with Gasteiger partial charge in [0.15, 0.2) is 0 Å². The number of hydrogen-bond donors (Lipinski definition) is 2. The highest BCUT2D eigenvalue weighted by Crippen LogP contribution is 2.10. The van der Waals surface area contributed by atoms with Crippen LogP contribution < -0.4 is 5.32 Å². The van der Waals surface area contributed by atoms with Crippen molar-refractivity contribution in [1.29, 1.82) is 0 Å². The van der Waals surface area contributed by atoms with Gasteiger partial charge >= 0.3 is 0 Å². The fourth-order valence-corrected chi connectivity index (χ4v) is 1.77. The van der Waals surface area contributed by atoms with Crippen LogP contribution in [0.15, 0.2) is 18.2 Å². The Hall–Kier alpha value is -0.860. The lowest BCUT2D eigenvalue weighted by Gasteiger charge is -2.21. The normalized spacial score (nSPS) is 14.8. The molecule has 0 aromatic heterocycles. The van der Waals surface area contributed by atoms with E-state index in [0.717, 1.165) is 13.0 Å². The van der Waals surface area contributed by atoms with E-state index in [9.17, 15) is 5.11 Å². The van der Waals surface area contributed by atoms with Gasteiger partial charge < -0.3 is 10.4 Å². The molecule has 1 rings (SSSR count). The number of hydrogen-bond acceptors (Lipinski definition) is 2. The van der Waals surface area contributed by atoms with Gasteiger partial charge in [-0.15, -0.1) is 0 Å². The van der Waals surface area contributed by atoms with Crippen LogP contribution in [0.3, 0.4) is 0 Å². The fraction of sp³-hybridized carbons (Fsp3) is 0.571. The predicted octanol–water partition coefficient (Wildman–Crippen LogP) is 2.55. The van der Waals surface area contributed by atoms with E-state index in [-0.39, 0.29) is 0 Å². The maximum Gasteiger partial charge on any atom is 0.0741 e. The van der Waals surface area contributed by atoms with E-state index in [0.29, 0.717) is 6.54 Å². The van der Waals surface area contributed by atoms with Gasteiger partial charge in [0.05, 0.1) is 5.60 Å². The van der Waals surface area contributed by atoms with Crippen LogP contribution in [0.5, 0.6) is 0 Å². The van der Waals surface area contributed by atoms with Gasteiger partial charge in [-0.2, -0.15) is 0 Å². The van der Waals surface area contributed by atoms with E-state index in [1.54, 1.807) is 0 Å². The molecule has 16 heavy (non-hydrogen) atoms. The van der Waals surface area contributed by atoms with Crippen LogP contribution in [0.1, 0.15) is 37.0 Å². The zero-order valence-electron chi connectivity index (χ0n) is 10.8. The molecule has 90 valence electrons. The van der Waals surface area contributed by atoms with Crippen molar-refractivity contribution in [3.63, 3.8) is 0 Å². The summed E-state index contributed by atoms with van der Waals surface area (Å²) >= 11 is 0. The Labute approximate surface area is 98.7 Å². The molecule has 0 fully saturated rings. The van der Waals surface area contributed by atoms with E-state index in [1.807, 2.05) is 13.8 Å². The Morgan fingerprint density at radius 2 is 1.75 bits per heavy atom. The summed E-state index contributed by atoms with van der Waals surface area (Å²) in [5.41, 5.74) is 3.27. The molecular weight excluding hydrogens is 198 g/mol. The minimum atomic E-state index is -0.598. The molecule has 2 nitrogen and oxygen atoms in total. The predicted molar refractivity (Wildman–Crippen MR) is 68.5 cm³/mol. The lowest BCUT2D eigenvalue weighted by molar-refractivity contribution is 0.0555. The van der Waals surface area contributed by atoms with Gasteiger partial charge in [-0.25, -0.2) is 0 Å². The van der Waals surface area contributed by atoms with Gasteiger partial charge in [0.2, 0.25) is 0 Å². The summed E-state index contributed by atoms with van der Waals surface area (Å²) in [7, 11) is 0. The Bertz CT molecular complexity index is 324. The number of benzene rings is 1. The van der Waals surface area contributed by atoms with Gasteiger partial charge in [-0.3, -0.25) is 0 Å².